The first-order chi connectivity index (χ1) is 14.8. The first-order valence-corrected chi connectivity index (χ1v) is 9.20. The van der Waals surface area contributed by atoms with Gasteiger partial charge in [0.05, 0.1) is 6.54 Å². The molecule has 0 radical (unpaired) electrons. The van der Waals surface area contributed by atoms with Crippen LogP contribution in [0.15, 0.2) is 77.5 Å². The van der Waals surface area contributed by atoms with Crippen LogP contribution in [0, 0.1) is 0 Å². The number of amides is 1. The Balaban J connectivity index is 1.26. The fraction of sp³-hybridized carbons (Fsp3) is 0.0476. The van der Waals surface area contributed by atoms with Crippen LogP contribution in [0.4, 0.5) is 0 Å². The summed E-state index contributed by atoms with van der Waals surface area (Å²) < 4.78 is 7.39. The predicted octanol–water partition coefficient (Wildman–Crippen LogP) is 2.77. The third kappa shape index (κ3) is 3.39. The van der Waals surface area contributed by atoms with Crippen molar-refractivity contribution in [1.29, 1.82) is 0 Å². The second-order valence-electron chi connectivity index (χ2n) is 6.44. The van der Waals surface area contributed by atoms with Crippen LogP contribution in [-0.4, -0.2) is 35.7 Å². The van der Waals surface area contributed by atoms with Crippen LogP contribution in [0.5, 0.6) is 0 Å². The Labute approximate surface area is 170 Å². The minimum atomic E-state index is -0.242. The lowest BCUT2D eigenvalue weighted by molar-refractivity contribution is 0.0947. The molecule has 0 aliphatic carbocycles. The summed E-state index contributed by atoms with van der Waals surface area (Å²) in [5.41, 5.74) is 2.17. The largest absolute Gasteiger partial charge is 0.419 e. The van der Waals surface area contributed by atoms with E-state index >= 15 is 0 Å². The molecule has 146 valence electrons. The normalized spacial score (nSPS) is 10.9. The number of nitrogens with zero attached hydrogens (tertiary/aromatic N) is 6. The third-order valence-electron chi connectivity index (χ3n) is 4.48. The van der Waals surface area contributed by atoms with Crippen LogP contribution in [0.25, 0.3) is 28.6 Å². The van der Waals surface area contributed by atoms with Gasteiger partial charge in [0.25, 0.3) is 11.7 Å². The highest BCUT2D eigenvalue weighted by Gasteiger charge is 2.12. The van der Waals surface area contributed by atoms with E-state index < -0.39 is 0 Å². The number of fused-ring (bicyclic) bond motifs is 1. The molecular formula is C21H15N7O2. The van der Waals surface area contributed by atoms with Gasteiger partial charge in [0.15, 0.2) is 5.82 Å². The molecule has 0 atom stereocenters. The lowest BCUT2D eigenvalue weighted by Gasteiger charge is -2.04. The number of carbonyl (C=O) groups is 1. The van der Waals surface area contributed by atoms with E-state index in [-0.39, 0.29) is 12.5 Å². The molecule has 0 spiro atoms. The quantitative estimate of drug-likeness (QED) is 0.485. The summed E-state index contributed by atoms with van der Waals surface area (Å²) >= 11 is 0. The summed E-state index contributed by atoms with van der Waals surface area (Å²) in [4.78, 5) is 16.6. The van der Waals surface area contributed by atoms with Crippen molar-refractivity contribution in [3.05, 3.63) is 84.5 Å². The van der Waals surface area contributed by atoms with Crippen molar-refractivity contribution >= 4 is 11.7 Å². The second kappa shape index (κ2) is 7.55. The van der Waals surface area contributed by atoms with Gasteiger partial charge in [-0.1, -0.05) is 30.3 Å². The molecule has 5 rings (SSSR count). The van der Waals surface area contributed by atoms with Gasteiger partial charge in [-0.25, -0.2) is 4.98 Å². The van der Waals surface area contributed by atoms with Gasteiger partial charge in [-0.05, 0) is 30.3 Å². The molecule has 3 heterocycles. The van der Waals surface area contributed by atoms with Gasteiger partial charge >= 0.3 is 0 Å². The highest BCUT2D eigenvalue weighted by Crippen LogP contribution is 2.19. The van der Waals surface area contributed by atoms with E-state index in [0.29, 0.717) is 28.9 Å². The number of aromatic nitrogens is 6. The third-order valence-corrected chi connectivity index (χ3v) is 4.48. The van der Waals surface area contributed by atoms with E-state index in [9.17, 15) is 4.79 Å². The summed E-state index contributed by atoms with van der Waals surface area (Å²) in [5.74, 6) is 1.68. The van der Waals surface area contributed by atoms with Crippen LogP contribution in [-0.2, 0) is 6.54 Å². The Bertz CT molecular complexity index is 1310. The van der Waals surface area contributed by atoms with Crippen molar-refractivity contribution in [3.63, 3.8) is 0 Å². The lowest BCUT2D eigenvalue weighted by atomic mass is 10.1. The van der Waals surface area contributed by atoms with Crippen LogP contribution in [0.1, 0.15) is 16.2 Å². The van der Waals surface area contributed by atoms with Gasteiger partial charge in [-0.2, -0.15) is 0 Å². The number of hydrogen-bond acceptors (Lipinski definition) is 7. The van der Waals surface area contributed by atoms with Crippen LogP contribution < -0.4 is 5.32 Å². The average Bonchev–Trinajstić information content (AvgIpc) is 3.46. The molecule has 0 saturated carbocycles. The smallest absolute Gasteiger partial charge is 0.255 e. The fourth-order valence-corrected chi connectivity index (χ4v) is 2.99. The second-order valence-corrected chi connectivity index (χ2v) is 6.44. The van der Waals surface area contributed by atoms with E-state index in [1.165, 1.54) is 0 Å². The number of rotatable bonds is 5. The number of nitrogens with one attached hydrogen (secondary N) is 1. The van der Waals surface area contributed by atoms with E-state index in [4.69, 9.17) is 4.42 Å². The van der Waals surface area contributed by atoms with Crippen molar-refractivity contribution in [2.75, 3.05) is 0 Å². The molecule has 0 aliphatic rings. The molecule has 3 aromatic heterocycles. The molecule has 9 nitrogen and oxygen atoms in total. The van der Waals surface area contributed by atoms with Crippen molar-refractivity contribution in [1.82, 2.24) is 35.1 Å². The van der Waals surface area contributed by atoms with E-state index in [0.717, 1.165) is 11.1 Å². The zero-order valence-corrected chi connectivity index (χ0v) is 15.6. The van der Waals surface area contributed by atoms with Gasteiger partial charge in [-0.3, -0.25) is 9.20 Å². The van der Waals surface area contributed by atoms with Crippen molar-refractivity contribution in [2.45, 2.75) is 6.54 Å². The van der Waals surface area contributed by atoms with Gasteiger partial charge < -0.3 is 9.73 Å². The zero-order chi connectivity index (χ0) is 20.3. The fourth-order valence-electron chi connectivity index (χ4n) is 2.99. The van der Waals surface area contributed by atoms with Gasteiger partial charge in [0.2, 0.25) is 11.8 Å². The minimum absolute atomic E-state index is 0.140. The Morgan fingerprint density at radius 3 is 2.57 bits per heavy atom. The van der Waals surface area contributed by atoms with Gasteiger partial charge in [-0.15, -0.1) is 20.4 Å². The monoisotopic (exact) mass is 397 g/mol. The number of hydrogen-bond donors (Lipinski definition) is 1. The minimum Gasteiger partial charge on any atom is -0.419 e. The van der Waals surface area contributed by atoms with Crippen LogP contribution >= 0.6 is 0 Å². The molecule has 9 heteroatoms. The SMILES string of the molecule is O=C(NCc1nnc(-c2ccccc2)o1)c1ccc(-c2nnc3ncccn23)cc1. The maximum atomic E-state index is 12.5. The molecule has 1 amide bonds. The first kappa shape index (κ1) is 17.7. The first-order valence-electron chi connectivity index (χ1n) is 9.20. The highest BCUT2D eigenvalue weighted by atomic mass is 16.4. The van der Waals surface area contributed by atoms with Gasteiger partial charge in [0, 0.05) is 29.1 Å². The lowest BCUT2D eigenvalue weighted by Crippen LogP contribution is -2.22. The predicted molar refractivity (Wildman–Crippen MR) is 107 cm³/mol. The Hall–Kier alpha value is -4.40. The molecule has 0 unspecified atom stereocenters. The number of carbonyl (C=O) groups excluding carboxylic acids is 1. The zero-order valence-electron chi connectivity index (χ0n) is 15.6. The molecule has 30 heavy (non-hydrogen) atoms. The maximum absolute atomic E-state index is 12.5. The van der Waals surface area contributed by atoms with E-state index in [1.807, 2.05) is 54.7 Å². The maximum Gasteiger partial charge on any atom is 0.255 e. The average molecular weight is 397 g/mol. The van der Waals surface area contributed by atoms with Crippen LogP contribution in [0.3, 0.4) is 0 Å². The molecule has 1 N–H and O–H groups in total. The summed E-state index contributed by atoms with van der Waals surface area (Å²) in [6.07, 6.45) is 3.50. The Kier molecular flexibility index (Phi) is 4.45. The summed E-state index contributed by atoms with van der Waals surface area (Å²) in [6, 6.07) is 18.4. The molecule has 0 fully saturated rings. The topological polar surface area (TPSA) is 111 Å². The summed E-state index contributed by atoms with van der Waals surface area (Å²) in [5, 5.41) is 19.0. The van der Waals surface area contributed by atoms with Crippen molar-refractivity contribution in [2.24, 2.45) is 0 Å². The Morgan fingerprint density at radius 2 is 1.73 bits per heavy atom. The molecule has 0 aliphatic heterocycles. The standard InChI is InChI=1S/C21H15N7O2/c29-19(23-13-17-24-26-20(30-17)16-5-2-1-3-6-16)15-9-7-14(8-10-15)18-25-27-21-22-11-4-12-28(18)21/h1-12H,13H2,(H,23,29). The Morgan fingerprint density at radius 1 is 0.900 bits per heavy atom. The molecule has 2 aromatic carbocycles. The summed E-state index contributed by atoms with van der Waals surface area (Å²) in [6.45, 7) is 0.140. The number of benzene rings is 2. The molecule has 0 saturated heterocycles. The summed E-state index contributed by atoms with van der Waals surface area (Å²) in [7, 11) is 0. The highest BCUT2D eigenvalue weighted by molar-refractivity contribution is 5.94. The van der Waals surface area contributed by atoms with E-state index in [2.05, 4.69) is 30.7 Å². The molecule has 0 bridgehead atoms. The van der Waals surface area contributed by atoms with Crippen molar-refractivity contribution < 1.29 is 9.21 Å². The van der Waals surface area contributed by atoms with Gasteiger partial charge in [0.1, 0.15) is 0 Å². The van der Waals surface area contributed by atoms with Crippen molar-refractivity contribution in [3.8, 4) is 22.8 Å². The van der Waals surface area contributed by atoms with E-state index in [1.54, 1.807) is 22.7 Å². The molecular weight excluding hydrogens is 382 g/mol. The molecule has 5 aromatic rings. The van der Waals surface area contributed by atoms with Crippen LogP contribution in [0.2, 0.25) is 0 Å².